The van der Waals surface area contributed by atoms with E-state index in [4.69, 9.17) is 4.74 Å². The van der Waals surface area contributed by atoms with E-state index in [1.807, 2.05) is 18.7 Å². The molecule has 9 heteroatoms. The summed E-state index contributed by atoms with van der Waals surface area (Å²) in [6, 6.07) is 4.33. The molecule has 188 valence electrons. The molecule has 1 saturated heterocycles. The fraction of sp³-hybridized carbons (Fsp3) is 0.481. The van der Waals surface area contributed by atoms with Crippen molar-refractivity contribution in [2.45, 2.75) is 52.0 Å². The van der Waals surface area contributed by atoms with Gasteiger partial charge in [0.05, 0.1) is 23.7 Å². The van der Waals surface area contributed by atoms with Crippen LogP contribution in [-0.2, 0) is 4.79 Å². The number of hydrogen-bond acceptors (Lipinski definition) is 5. The summed E-state index contributed by atoms with van der Waals surface area (Å²) >= 11 is 0. The van der Waals surface area contributed by atoms with Gasteiger partial charge in [0, 0.05) is 36.2 Å². The summed E-state index contributed by atoms with van der Waals surface area (Å²) in [7, 11) is 0. The van der Waals surface area contributed by atoms with Gasteiger partial charge in [0.2, 0.25) is 5.91 Å². The monoisotopic (exact) mass is 491 g/mol. The van der Waals surface area contributed by atoms with Crippen LogP contribution in [0.4, 0.5) is 4.39 Å². The van der Waals surface area contributed by atoms with Crippen LogP contribution in [0, 0.1) is 24.1 Å². The molecule has 2 amide bonds. The summed E-state index contributed by atoms with van der Waals surface area (Å²) < 4.78 is 20.3. The molecular weight excluding hydrogens is 461 g/mol. The summed E-state index contributed by atoms with van der Waals surface area (Å²) in [4.78, 5) is 39.8. The molecule has 0 radical (unpaired) electrons. The number of rotatable bonds is 7. The Bertz CT molecular complexity index is 1360. The number of nitrogens with one attached hydrogen (secondary N) is 2. The van der Waals surface area contributed by atoms with E-state index in [1.165, 1.54) is 18.5 Å². The molecule has 6 rings (SSSR count). The Balaban J connectivity index is 1.32. The summed E-state index contributed by atoms with van der Waals surface area (Å²) in [5.74, 6) is 0.608. The van der Waals surface area contributed by atoms with Crippen molar-refractivity contribution in [3.8, 4) is 17.0 Å². The lowest BCUT2D eigenvalue weighted by Crippen LogP contribution is -2.42. The van der Waals surface area contributed by atoms with E-state index in [2.05, 4.69) is 20.3 Å². The number of carbonyl (C=O) groups is 2. The van der Waals surface area contributed by atoms with Crippen LogP contribution < -0.4 is 10.1 Å². The van der Waals surface area contributed by atoms with Crippen LogP contribution in [0.25, 0.3) is 22.3 Å². The second kappa shape index (κ2) is 8.57. The number of carbonyl (C=O) groups excluding carboxylic acids is 2. The van der Waals surface area contributed by atoms with Crippen molar-refractivity contribution < 1.29 is 18.7 Å². The summed E-state index contributed by atoms with van der Waals surface area (Å²) in [6.07, 6.45) is 6.17. The Morgan fingerprint density at radius 2 is 2.08 bits per heavy atom. The molecule has 1 aliphatic heterocycles. The maximum atomic E-state index is 14.3. The summed E-state index contributed by atoms with van der Waals surface area (Å²) in [6.45, 7) is 5.51. The molecule has 0 bridgehead atoms. The molecule has 1 atom stereocenters. The summed E-state index contributed by atoms with van der Waals surface area (Å²) in [5, 5.41) is 3.20. The summed E-state index contributed by atoms with van der Waals surface area (Å²) in [5.41, 5.74) is 3.15. The second-order valence-corrected chi connectivity index (χ2v) is 10.5. The van der Waals surface area contributed by atoms with Gasteiger partial charge >= 0.3 is 0 Å². The number of hydrogen-bond donors (Lipinski definition) is 2. The molecule has 3 heterocycles. The minimum Gasteiger partial charge on any atom is -0.493 e. The minimum atomic E-state index is -0.390. The Kier molecular flexibility index (Phi) is 5.46. The Morgan fingerprint density at radius 1 is 1.28 bits per heavy atom. The third kappa shape index (κ3) is 4.00. The molecule has 2 saturated carbocycles. The zero-order valence-electron chi connectivity index (χ0n) is 20.6. The highest BCUT2D eigenvalue weighted by molar-refractivity contribution is 6.09. The SMILES string of the molecule is CCC(=O)N1CC(NC(=O)c2c(C)[nH]c3c(-c4cc(F)ccc4OCC4CC4)ncnc23)C2(CC2)C1. The Hall–Kier alpha value is -3.49. The second-order valence-electron chi connectivity index (χ2n) is 10.5. The van der Waals surface area contributed by atoms with Crippen molar-refractivity contribution >= 4 is 22.8 Å². The van der Waals surface area contributed by atoms with Gasteiger partial charge in [-0.3, -0.25) is 9.59 Å². The van der Waals surface area contributed by atoms with Crippen LogP contribution in [0.5, 0.6) is 5.75 Å². The molecule has 2 aromatic heterocycles. The van der Waals surface area contributed by atoms with Gasteiger partial charge in [-0.1, -0.05) is 6.92 Å². The zero-order chi connectivity index (χ0) is 25.0. The first-order valence-electron chi connectivity index (χ1n) is 12.7. The number of amides is 2. The van der Waals surface area contributed by atoms with Gasteiger partial charge in [-0.05, 0) is 56.7 Å². The quantitative estimate of drug-likeness (QED) is 0.521. The van der Waals surface area contributed by atoms with Crippen molar-refractivity contribution in [3.63, 3.8) is 0 Å². The van der Waals surface area contributed by atoms with E-state index in [-0.39, 0.29) is 29.1 Å². The highest BCUT2D eigenvalue weighted by atomic mass is 19.1. The lowest BCUT2D eigenvalue weighted by atomic mass is 10.0. The molecule has 2 N–H and O–H groups in total. The number of benzene rings is 1. The maximum absolute atomic E-state index is 14.3. The van der Waals surface area contributed by atoms with Crippen LogP contribution in [0.3, 0.4) is 0 Å². The standard InChI is InChI=1S/C27H30FN5O3/c1-3-21(34)33-11-20(27(13-33)8-9-27)32-26(35)22-15(2)31-25-23(29-14-30-24(22)25)18-10-17(28)6-7-19(18)36-12-16-4-5-16/h6-7,10,14,16,20,31H,3-5,8-9,11-13H2,1-2H3,(H,32,35). The van der Waals surface area contributed by atoms with Crippen molar-refractivity contribution in [1.82, 2.24) is 25.2 Å². The van der Waals surface area contributed by atoms with Crippen molar-refractivity contribution in [2.75, 3.05) is 19.7 Å². The van der Waals surface area contributed by atoms with E-state index in [0.717, 1.165) is 25.7 Å². The third-order valence-electron chi connectivity index (χ3n) is 7.87. The highest BCUT2D eigenvalue weighted by Gasteiger charge is 2.56. The highest BCUT2D eigenvalue weighted by Crippen LogP contribution is 2.53. The van der Waals surface area contributed by atoms with Crippen LogP contribution in [0.15, 0.2) is 24.5 Å². The van der Waals surface area contributed by atoms with Gasteiger partial charge in [-0.2, -0.15) is 0 Å². The first-order valence-corrected chi connectivity index (χ1v) is 12.7. The topological polar surface area (TPSA) is 100 Å². The fourth-order valence-electron chi connectivity index (χ4n) is 5.39. The minimum absolute atomic E-state index is 0.0178. The molecule has 8 nitrogen and oxygen atoms in total. The number of likely N-dealkylation sites (tertiary alicyclic amines) is 1. The molecule has 3 aromatic rings. The predicted molar refractivity (Wildman–Crippen MR) is 132 cm³/mol. The van der Waals surface area contributed by atoms with E-state index in [1.54, 1.807) is 6.07 Å². The molecular formula is C27H30FN5O3. The Morgan fingerprint density at radius 3 is 2.81 bits per heavy atom. The molecule has 2 aliphatic carbocycles. The third-order valence-corrected chi connectivity index (χ3v) is 7.87. The fourth-order valence-corrected chi connectivity index (χ4v) is 5.39. The van der Waals surface area contributed by atoms with Crippen LogP contribution in [0.1, 0.15) is 55.1 Å². The number of nitrogens with zero attached hydrogens (tertiary/aromatic N) is 3. The van der Waals surface area contributed by atoms with Crippen LogP contribution in [0.2, 0.25) is 0 Å². The first-order chi connectivity index (χ1) is 17.4. The van der Waals surface area contributed by atoms with Crippen molar-refractivity contribution in [1.29, 1.82) is 0 Å². The number of halogens is 1. The average Bonchev–Trinajstić information content (AvgIpc) is 3.77. The molecule has 1 spiro atoms. The van der Waals surface area contributed by atoms with Gasteiger partial charge in [-0.15, -0.1) is 0 Å². The number of ether oxygens (including phenoxy) is 1. The molecule has 3 aliphatic rings. The number of aromatic nitrogens is 3. The van der Waals surface area contributed by atoms with Crippen LogP contribution in [-0.4, -0.2) is 57.4 Å². The molecule has 1 unspecified atom stereocenters. The smallest absolute Gasteiger partial charge is 0.255 e. The van der Waals surface area contributed by atoms with Crippen molar-refractivity contribution in [3.05, 3.63) is 41.6 Å². The number of H-pyrrole nitrogens is 1. The number of fused-ring (bicyclic) bond motifs is 1. The van der Waals surface area contributed by atoms with Gasteiger partial charge in [-0.25, -0.2) is 14.4 Å². The van der Waals surface area contributed by atoms with Gasteiger partial charge in [0.25, 0.3) is 5.91 Å². The zero-order valence-corrected chi connectivity index (χ0v) is 20.6. The van der Waals surface area contributed by atoms with Gasteiger partial charge in [0.1, 0.15) is 29.1 Å². The molecule has 3 fully saturated rings. The predicted octanol–water partition coefficient (Wildman–Crippen LogP) is 3.99. The first kappa shape index (κ1) is 22.9. The average molecular weight is 492 g/mol. The van der Waals surface area contributed by atoms with E-state index >= 15 is 0 Å². The number of aryl methyl sites for hydroxylation is 1. The van der Waals surface area contributed by atoms with Crippen LogP contribution >= 0.6 is 0 Å². The maximum Gasteiger partial charge on any atom is 0.255 e. The van der Waals surface area contributed by atoms with Gasteiger partial charge < -0.3 is 19.9 Å². The number of aromatic amines is 1. The van der Waals surface area contributed by atoms with Gasteiger partial charge in [0.15, 0.2) is 0 Å². The molecule has 36 heavy (non-hydrogen) atoms. The van der Waals surface area contributed by atoms with E-state index in [0.29, 0.717) is 71.3 Å². The molecule has 1 aromatic carbocycles. The lowest BCUT2D eigenvalue weighted by Gasteiger charge is -2.18. The van der Waals surface area contributed by atoms with E-state index in [9.17, 15) is 14.0 Å². The lowest BCUT2D eigenvalue weighted by molar-refractivity contribution is -0.130. The Labute approximate surface area is 208 Å². The van der Waals surface area contributed by atoms with Crippen molar-refractivity contribution in [2.24, 2.45) is 11.3 Å². The van der Waals surface area contributed by atoms with E-state index < -0.39 is 0 Å². The largest absolute Gasteiger partial charge is 0.493 e. The normalized spacial score (nSPS) is 20.2.